The Balaban J connectivity index is 1.38. The maximum Gasteiger partial charge on any atom is 0.251 e. The van der Waals surface area contributed by atoms with E-state index in [4.69, 9.17) is 11.1 Å². The number of benzene rings is 3. The summed E-state index contributed by atoms with van der Waals surface area (Å²) in [4.78, 5) is 25.1. The van der Waals surface area contributed by atoms with Gasteiger partial charge >= 0.3 is 0 Å². The number of phenols is 1. The van der Waals surface area contributed by atoms with Crippen LogP contribution in [0.15, 0.2) is 72.8 Å². The minimum Gasteiger partial charge on any atom is -0.507 e. The number of Topliss-reactive ketones (excluding diaryl/α,β-unsaturated/α-hetero) is 1. The molecule has 0 spiro atoms. The Bertz CT molecular complexity index is 1290. The first-order chi connectivity index (χ1) is 16.3. The molecule has 3 aromatic rings. The van der Waals surface area contributed by atoms with Gasteiger partial charge in [-0.25, -0.2) is 0 Å². The topological polar surface area (TPSA) is 116 Å². The molecule has 172 valence electrons. The second-order valence-corrected chi connectivity index (χ2v) is 8.85. The van der Waals surface area contributed by atoms with Crippen LogP contribution < -0.4 is 11.1 Å². The van der Waals surface area contributed by atoms with Crippen LogP contribution >= 0.6 is 0 Å². The maximum atomic E-state index is 12.6. The molecule has 1 aliphatic rings. The van der Waals surface area contributed by atoms with E-state index in [0.29, 0.717) is 16.7 Å². The van der Waals surface area contributed by atoms with Gasteiger partial charge in [-0.2, -0.15) is 0 Å². The number of carbonyl (C=O) groups is 2. The third-order valence-corrected chi connectivity index (χ3v) is 6.17. The molecule has 34 heavy (non-hydrogen) atoms. The second kappa shape index (κ2) is 9.35. The molecule has 1 saturated carbocycles. The third-order valence-electron chi connectivity index (χ3n) is 6.17. The molecule has 0 bridgehead atoms. The minimum absolute atomic E-state index is 0.0696. The molecule has 1 aliphatic carbocycles. The molecule has 0 atom stereocenters. The minimum atomic E-state index is -0.219. The lowest BCUT2D eigenvalue weighted by atomic mass is 9.94. The fourth-order valence-electron chi connectivity index (χ4n) is 3.71. The number of carbonyl (C=O) groups excluding carboxylic acids is 2. The number of hydrogen-bond acceptors (Lipinski definition) is 4. The van der Waals surface area contributed by atoms with Crippen molar-refractivity contribution in [1.82, 2.24) is 5.32 Å². The van der Waals surface area contributed by atoms with E-state index in [9.17, 15) is 14.7 Å². The van der Waals surface area contributed by atoms with Crippen molar-refractivity contribution in [1.29, 1.82) is 5.41 Å². The highest BCUT2D eigenvalue weighted by atomic mass is 16.3. The van der Waals surface area contributed by atoms with Gasteiger partial charge in [-0.05, 0) is 60.4 Å². The van der Waals surface area contributed by atoms with E-state index < -0.39 is 0 Å². The number of amidine groups is 1. The van der Waals surface area contributed by atoms with Crippen molar-refractivity contribution in [3.63, 3.8) is 0 Å². The highest BCUT2D eigenvalue weighted by Crippen LogP contribution is 2.47. The summed E-state index contributed by atoms with van der Waals surface area (Å²) in [6.45, 7) is 2.28. The van der Waals surface area contributed by atoms with Gasteiger partial charge in [0.1, 0.15) is 11.6 Å². The van der Waals surface area contributed by atoms with Crippen LogP contribution in [0.25, 0.3) is 17.2 Å². The maximum absolute atomic E-state index is 12.6. The molecule has 0 aromatic heterocycles. The van der Waals surface area contributed by atoms with Gasteiger partial charge in [0.25, 0.3) is 5.91 Å². The first-order valence-corrected chi connectivity index (χ1v) is 11.1. The Labute approximate surface area is 198 Å². The summed E-state index contributed by atoms with van der Waals surface area (Å²) in [5, 5.41) is 20.3. The lowest BCUT2D eigenvalue weighted by Gasteiger charge is -2.10. The van der Waals surface area contributed by atoms with Crippen molar-refractivity contribution in [3.8, 4) is 16.9 Å². The lowest BCUT2D eigenvalue weighted by molar-refractivity contribution is 0.0911. The van der Waals surface area contributed by atoms with Gasteiger partial charge in [0, 0.05) is 34.2 Å². The van der Waals surface area contributed by atoms with Gasteiger partial charge in [-0.1, -0.05) is 49.4 Å². The van der Waals surface area contributed by atoms with Gasteiger partial charge in [0.2, 0.25) is 0 Å². The van der Waals surface area contributed by atoms with Crippen molar-refractivity contribution in [2.75, 3.05) is 6.54 Å². The van der Waals surface area contributed by atoms with Crippen LogP contribution in [-0.2, 0) is 0 Å². The Morgan fingerprint density at radius 3 is 2.38 bits per heavy atom. The Morgan fingerprint density at radius 2 is 1.71 bits per heavy atom. The number of nitrogens with two attached hydrogens (primary N) is 1. The molecule has 0 aliphatic heterocycles. The molecule has 1 fully saturated rings. The summed E-state index contributed by atoms with van der Waals surface area (Å²) in [5.41, 5.74) is 9.44. The van der Waals surface area contributed by atoms with Crippen LogP contribution in [0.2, 0.25) is 0 Å². The first-order valence-electron chi connectivity index (χ1n) is 11.1. The van der Waals surface area contributed by atoms with Gasteiger partial charge in [-0.15, -0.1) is 0 Å². The molecule has 6 nitrogen and oxygen atoms in total. The molecule has 5 N–H and O–H groups in total. The molecule has 0 radical (unpaired) electrons. The monoisotopic (exact) mass is 453 g/mol. The summed E-state index contributed by atoms with van der Waals surface area (Å²) >= 11 is 0. The SMILES string of the molecule is CC1(C(=O)c2cccc(-c3ccc(C(=O)NC/C=C/c4cc(C(=N)N)ccc4O)cc3)c2)CC1. The van der Waals surface area contributed by atoms with Crippen LogP contribution in [0.3, 0.4) is 0 Å². The van der Waals surface area contributed by atoms with Crippen molar-refractivity contribution in [2.24, 2.45) is 11.1 Å². The molecule has 1 amide bonds. The zero-order chi connectivity index (χ0) is 24.3. The van der Waals surface area contributed by atoms with Crippen LogP contribution in [0.1, 0.15) is 51.6 Å². The fraction of sp³-hybridized carbons (Fsp3) is 0.179. The van der Waals surface area contributed by atoms with Gasteiger partial charge < -0.3 is 16.2 Å². The van der Waals surface area contributed by atoms with Crippen LogP contribution in [0.5, 0.6) is 5.75 Å². The van der Waals surface area contributed by atoms with Crippen molar-refractivity contribution in [2.45, 2.75) is 19.8 Å². The number of nitrogen functional groups attached to an aromatic ring is 1. The number of ketones is 1. The average Bonchev–Trinajstić information content (AvgIpc) is 3.60. The third kappa shape index (κ3) is 5.07. The highest BCUT2D eigenvalue weighted by molar-refractivity contribution is 6.03. The van der Waals surface area contributed by atoms with Crippen molar-refractivity contribution < 1.29 is 14.7 Å². The van der Waals surface area contributed by atoms with E-state index in [1.807, 2.05) is 43.3 Å². The number of amides is 1. The molecule has 0 unspecified atom stereocenters. The van der Waals surface area contributed by atoms with E-state index in [0.717, 1.165) is 29.5 Å². The van der Waals surface area contributed by atoms with Crippen LogP contribution in [0, 0.1) is 10.8 Å². The predicted molar refractivity (Wildman–Crippen MR) is 134 cm³/mol. The summed E-state index contributed by atoms with van der Waals surface area (Å²) in [7, 11) is 0. The summed E-state index contributed by atoms with van der Waals surface area (Å²) in [5.74, 6) is -0.0367. The smallest absolute Gasteiger partial charge is 0.251 e. The lowest BCUT2D eigenvalue weighted by Crippen LogP contribution is -2.23. The zero-order valence-electron chi connectivity index (χ0n) is 19.0. The Kier molecular flexibility index (Phi) is 6.32. The van der Waals surface area contributed by atoms with E-state index in [1.165, 1.54) is 6.07 Å². The number of hydrogen-bond donors (Lipinski definition) is 4. The highest BCUT2D eigenvalue weighted by Gasteiger charge is 2.44. The number of rotatable bonds is 8. The summed E-state index contributed by atoms with van der Waals surface area (Å²) < 4.78 is 0. The zero-order valence-corrected chi connectivity index (χ0v) is 19.0. The molecule has 3 aromatic carbocycles. The van der Waals surface area contributed by atoms with Crippen LogP contribution in [0.4, 0.5) is 0 Å². The normalized spacial score (nSPS) is 14.0. The van der Waals surface area contributed by atoms with Gasteiger partial charge in [-0.3, -0.25) is 15.0 Å². The van der Waals surface area contributed by atoms with E-state index in [-0.39, 0.29) is 35.2 Å². The predicted octanol–water partition coefficient (Wildman–Crippen LogP) is 4.77. The molecule has 0 heterocycles. The quantitative estimate of drug-likeness (QED) is 0.223. The van der Waals surface area contributed by atoms with Crippen LogP contribution in [-0.4, -0.2) is 29.2 Å². The summed E-state index contributed by atoms with van der Waals surface area (Å²) in [6.07, 6.45) is 5.28. The Morgan fingerprint density at radius 1 is 1.00 bits per heavy atom. The average molecular weight is 454 g/mol. The number of nitrogens with one attached hydrogen (secondary N) is 2. The summed E-state index contributed by atoms with van der Waals surface area (Å²) in [6, 6.07) is 19.6. The first kappa shape index (κ1) is 23.0. The Hall–Kier alpha value is -4.19. The molecule has 4 rings (SSSR count). The molecular formula is C28H27N3O3. The molecule has 0 saturated heterocycles. The number of phenolic OH excluding ortho intramolecular Hbond substituents is 1. The van der Waals surface area contributed by atoms with Gasteiger partial charge in [0.15, 0.2) is 5.78 Å². The molecule has 6 heteroatoms. The largest absolute Gasteiger partial charge is 0.507 e. The second-order valence-electron chi connectivity index (χ2n) is 8.85. The number of aromatic hydroxyl groups is 1. The van der Waals surface area contributed by atoms with E-state index >= 15 is 0 Å². The standard InChI is InChI=1S/C28H27N3O3/c1-28(13-14-28)25(33)22-5-2-4-20(16-22)18-7-9-19(10-8-18)27(34)31-15-3-6-21-17-23(26(29)30)11-12-24(21)32/h2-12,16-17,32H,13-15H2,1H3,(H3,29,30)(H,31,34)/b6-3+. The van der Waals surface area contributed by atoms with Crippen molar-refractivity contribution >= 4 is 23.6 Å². The van der Waals surface area contributed by atoms with E-state index in [2.05, 4.69) is 5.32 Å². The van der Waals surface area contributed by atoms with Gasteiger partial charge in [0.05, 0.1) is 0 Å². The van der Waals surface area contributed by atoms with E-state index in [1.54, 1.807) is 36.4 Å². The molecular weight excluding hydrogens is 426 g/mol. The fourth-order valence-corrected chi connectivity index (χ4v) is 3.71. The van der Waals surface area contributed by atoms with Crippen molar-refractivity contribution in [3.05, 3.63) is 95.1 Å².